The SMILES string of the molecule is Cc1cccc2sc(NC(=O)C[C@H]3C[C@H](c4ccc(Br)cc4)N(CC(=O)NC4CCN(Cc5ccccc5)CC4)C3=O)nc12. The number of benzene rings is 3. The van der Waals surface area contributed by atoms with Gasteiger partial charge < -0.3 is 15.5 Å². The van der Waals surface area contributed by atoms with Crippen LogP contribution >= 0.6 is 27.3 Å². The quantitative estimate of drug-likeness (QED) is 0.225. The van der Waals surface area contributed by atoms with E-state index in [1.165, 1.54) is 16.9 Å². The van der Waals surface area contributed by atoms with Crippen LogP contribution in [-0.4, -0.2) is 58.2 Å². The summed E-state index contributed by atoms with van der Waals surface area (Å²) in [5.74, 6) is -1.09. The maximum Gasteiger partial charge on any atom is 0.239 e. The first-order valence-corrected chi connectivity index (χ1v) is 16.7. The van der Waals surface area contributed by atoms with Crippen molar-refractivity contribution in [1.29, 1.82) is 0 Å². The van der Waals surface area contributed by atoms with E-state index in [0.29, 0.717) is 11.6 Å². The van der Waals surface area contributed by atoms with Crippen molar-refractivity contribution in [2.75, 3.05) is 25.0 Å². The van der Waals surface area contributed by atoms with E-state index in [0.717, 1.165) is 58.3 Å². The lowest BCUT2D eigenvalue weighted by molar-refractivity contribution is -0.137. The summed E-state index contributed by atoms with van der Waals surface area (Å²) in [5, 5.41) is 6.62. The number of fused-ring (bicyclic) bond motifs is 1. The lowest BCUT2D eigenvalue weighted by Gasteiger charge is -2.33. The van der Waals surface area contributed by atoms with Gasteiger partial charge >= 0.3 is 0 Å². The molecule has 2 fully saturated rings. The van der Waals surface area contributed by atoms with Gasteiger partial charge in [-0.2, -0.15) is 0 Å². The molecule has 1 aromatic heterocycles. The molecule has 228 valence electrons. The molecule has 0 radical (unpaired) electrons. The fourth-order valence-corrected chi connectivity index (χ4v) is 7.51. The Morgan fingerprint density at radius 3 is 2.45 bits per heavy atom. The number of halogens is 1. The van der Waals surface area contributed by atoms with Crippen molar-refractivity contribution in [2.24, 2.45) is 5.92 Å². The zero-order chi connectivity index (χ0) is 30.6. The van der Waals surface area contributed by atoms with Crippen molar-refractivity contribution < 1.29 is 14.4 Å². The third kappa shape index (κ3) is 7.20. The molecule has 3 aromatic carbocycles. The summed E-state index contributed by atoms with van der Waals surface area (Å²) >= 11 is 4.91. The second kappa shape index (κ2) is 13.6. The van der Waals surface area contributed by atoms with Gasteiger partial charge in [0, 0.05) is 42.5 Å². The minimum atomic E-state index is -0.520. The summed E-state index contributed by atoms with van der Waals surface area (Å²) < 4.78 is 1.95. The average molecular weight is 675 g/mol. The summed E-state index contributed by atoms with van der Waals surface area (Å²) in [6.07, 6.45) is 2.25. The molecule has 2 N–H and O–H groups in total. The van der Waals surface area contributed by atoms with Gasteiger partial charge in [0.05, 0.1) is 16.3 Å². The van der Waals surface area contributed by atoms with Crippen molar-refractivity contribution >= 4 is 60.3 Å². The molecule has 2 atom stereocenters. The highest BCUT2D eigenvalue weighted by atomic mass is 79.9. The van der Waals surface area contributed by atoms with Gasteiger partial charge in [-0.25, -0.2) is 4.98 Å². The first-order chi connectivity index (χ1) is 21.3. The van der Waals surface area contributed by atoms with Crippen LogP contribution in [0.4, 0.5) is 5.13 Å². The highest BCUT2D eigenvalue weighted by Crippen LogP contribution is 2.38. The summed E-state index contributed by atoms with van der Waals surface area (Å²) in [5.41, 5.74) is 4.17. The number of hydrogen-bond acceptors (Lipinski definition) is 6. The zero-order valence-electron chi connectivity index (χ0n) is 24.7. The number of hydrogen-bond donors (Lipinski definition) is 2. The Bertz CT molecular complexity index is 1640. The molecule has 0 bridgehead atoms. The predicted molar refractivity (Wildman–Crippen MR) is 177 cm³/mol. The van der Waals surface area contributed by atoms with Crippen molar-refractivity contribution in [3.8, 4) is 0 Å². The number of aryl methyl sites for hydroxylation is 1. The highest BCUT2D eigenvalue weighted by Gasteiger charge is 2.42. The van der Waals surface area contributed by atoms with Crippen LogP contribution in [0.2, 0.25) is 0 Å². The van der Waals surface area contributed by atoms with Gasteiger partial charge in [-0.3, -0.25) is 19.3 Å². The Labute approximate surface area is 270 Å². The van der Waals surface area contributed by atoms with Gasteiger partial charge in [-0.15, -0.1) is 0 Å². The summed E-state index contributed by atoms with van der Waals surface area (Å²) in [4.78, 5) is 48.7. The van der Waals surface area contributed by atoms with Crippen LogP contribution in [0.3, 0.4) is 0 Å². The van der Waals surface area contributed by atoms with E-state index in [-0.39, 0.29) is 42.8 Å². The average Bonchev–Trinajstić information content (AvgIpc) is 3.56. The molecule has 2 saturated heterocycles. The number of nitrogens with zero attached hydrogens (tertiary/aromatic N) is 3. The Morgan fingerprint density at radius 1 is 0.977 bits per heavy atom. The van der Waals surface area contributed by atoms with Crippen LogP contribution in [-0.2, 0) is 20.9 Å². The van der Waals surface area contributed by atoms with Gasteiger partial charge in [-0.1, -0.05) is 81.9 Å². The Kier molecular flexibility index (Phi) is 9.39. The molecule has 0 aliphatic carbocycles. The predicted octanol–water partition coefficient (Wildman–Crippen LogP) is 6.07. The lowest BCUT2D eigenvalue weighted by atomic mass is 9.97. The first-order valence-electron chi connectivity index (χ1n) is 15.1. The maximum atomic E-state index is 13.7. The minimum Gasteiger partial charge on any atom is -0.352 e. The van der Waals surface area contributed by atoms with Crippen molar-refractivity contribution in [3.63, 3.8) is 0 Å². The summed E-state index contributed by atoms with van der Waals surface area (Å²) in [6.45, 7) is 4.70. The van der Waals surface area contributed by atoms with Crippen molar-refractivity contribution in [2.45, 2.75) is 51.2 Å². The molecular weight excluding hydrogens is 638 g/mol. The van der Waals surface area contributed by atoms with E-state index < -0.39 is 5.92 Å². The van der Waals surface area contributed by atoms with E-state index in [4.69, 9.17) is 0 Å². The number of anilines is 1. The number of para-hydroxylation sites is 1. The topological polar surface area (TPSA) is 94.6 Å². The Balaban J connectivity index is 1.08. The molecular formula is C34H36BrN5O3S. The molecule has 44 heavy (non-hydrogen) atoms. The van der Waals surface area contributed by atoms with E-state index in [9.17, 15) is 14.4 Å². The van der Waals surface area contributed by atoms with Crippen LogP contribution in [0.1, 0.15) is 48.4 Å². The second-order valence-corrected chi connectivity index (χ2v) is 13.7. The molecule has 2 aliphatic rings. The number of nitrogens with one attached hydrogen (secondary N) is 2. The molecule has 4 aromatic rings. The van der Waals surface area contributed by atoms with Crippen molar-refractivity contribution in [3.05, 3.63) is 94.0 Å². The molecule has 2 aliphatic heterocycles. The largest absolute Gasteiger partial charge is 0.352 e. The minimum absolute atomic E-state index is 0.0287. The number of likely N-dealkylation sites (tertiary alicyclic amines) is 2. The molecule has 8 nitrogen and oxygen atoms in total. The fraction of sp³-hybridized carbons (Fsp3) is 0.353. The number of amides is 3. The molecule has 3 heterocycles. The third-order valence-electron chi connectivity index (χ3n) is 8.59. The van der Waals surface area contributed by atoms with E-state index >= 15 is 0 Å². The normalized spacial score (nSPS) is 19.4. The molecule has 6 rings (SSSR count). The second-order valence-electron chi connectivity index (χ2n) is 11.8. The van der Waals surface area contributed by atoms with Gasteiger partial charge in [0.25, 0.3) is 0 Å². The van der Waals surface area contributed by atoms with Crippen LogP contribution in [0.15, 0.2) is 77.3 Å². The Hall–Kier alpha value is -3.60. The zero-order valence-corrected chi connectivity index (χ0v) is 27.1. The van der Waals surface area contributed by atoms with E-state index in [1.54, 1.807) is 4.90 Å². The van der Waals surface area contributed by atoms with E-state index in [1.807, 2.05) is 55.5 Å². The monoisotopic (exact) mass is 673 g/mol. The fourth-order valence-electron chi connectivity index (χ4n) is 6.28. The number of rotatable bonds is 9. The molecule has 0 spiro atoms. The van der Waals surface area contributed by atoms with E-state index in [2.05, 4.69) is 60.7 Å². The van der Waals surface area contributed by atoms with Crippen LogP contribution in [0, 0.1) is 12.8 Å². The van der Waals surface area contributed by atoms with Crippen LogP contribution in [0.5, 0.6) is 0 Å². The lowest BCUT2D eigenvalue weighted by Crippen LogP contribution is -2.48. The summed E-state index contributed by atoms with van der Waals surface area (Å²) in [7, 11) is 0. The smallest absolute Gasteiger partial charge is 0.239 e. The number of carbonyl (C=O) groups excluding carboxylic acids is 3. The summed E-state index contributed by atoms with van der Waals surface area (Å²) in [6, 6.07) is 24.0. The van der Waals surface area contributed by atoms with Crippen LogP contribution < -0.4 is 10.6 Å². The molecule has 3 amide bonds. The first kappa shape index (κ1) is 30.4. The van der Waals surface area contributed by atoms with Gasteiger partial charge in [0.1, 0.15) is 6.54 Å². The molecule has 10 heteroatoms. The number of carbonyl (C=O) groups is 3. The third-order valence-corrected chi connectivity index (χ3v) is 10.1. The molecule has 0 saturated carbocycles. The number of thiazole rings is 1. The standard InChI is InChI=1S/C34H36BrN5O3S/c1-22-6-5-9-29-32(22)38-34(44-29)37-30(41)19-25-18-28(24-10-12-26(35)13-11-24)40(33(25)43)21-31(42)36-27-14-16-39(17-15-27)20-23-7-3-2-4-8-23/h2-13,25,27-28H,14-21H2,1H3,(H,36,42)(H,37,38,41)/t25-,28-/m1/s1. The van der Waals surface area contributed by atoms with Gasteiger partial charge in [-0.05, 0) is 61.1 Å². The van der Waals surface area contributed by atoms with Crippen LogP contribution in [0.25, 0.3) is 10.2 Å². The van der Waals surface area contributed by atoms with Crippen molar-refractivity contribution in [1.82, 2.24) is 20.1 Å². The van der Waals surface area contributed by atoms with Gasteiger partial charge in [0.15, 0.2) is 5.13 Å². The number of piperidine rings is 1. The molecule has 0 unspecified atom stereocenters. The maximum absolute atomic E-state index is 13.7. The highest BCUT2D eigenvalue weighted by molar-refractivity contribution is 9.10. The van der Waals surface area contributed by atoms with Gasteiger partial charge in [0.2, 0.25) is 17.7 Å². The number of aromatic nitrogens is 1. The Morgan fingerprint density at radius 2 is 1.73 bits per heavy atom.